The Morgan fingerprint density at radius 1 is 1.10 bits per heavy atom. The molecule has 112 valence electrons. The Kier molecular flexibility index (Phi) is 3.53. The number of nitrogens with two attached hydrogens (primary N) is 1. The van der Waals surface area contributed by atoms with E-state index in [1.54, 1.807) is 4.90 Å². The van der Waals surface area contributed by atoms with Crippen LogP contribution in [0.5, 0.6) is 0 Å². The molecular formula is C15H18FN3O2. The lowest BCUT2D eigenvalue weighted by molar-refractivity contribution is -0.134. The number of rotatable bonds is 2. The summed E-state index contributed by atoms with van der Waals surface area (Å²) in [5.41, 5.74) is 6.17. The molecule has 0 spiro atoms. The monoisotopic (exact) mass is 291 g/mol. The quantitative estimate of drug-likeness (QED) is 0.830. The average molecular weight is 291 g/mol. The highest BCUT2D eigenvalue weighted by Crippen LogP contribution is 2.31. The molecule has 5 nitrogen and oxygen atoms in total. The van der Waals surface area contributed by atoms with Gasteiger partial charge in [0.2, 0.25) is 5.91 Å². The summed E-state index contributed by atoms with van der Waals surface area (Å²) in [6.07, 6.45) is 1.98. The molecule has 1 saturated heterocycles. The van der Waals surface area contributed by atoms with Crippen molar-refractivity contribution in [3.05, 3.63) is 29.6 Å². The molecule has 6 heteroatoms. The fraction of sp³-hybridized carbons (Fsp3) is 0.467. The summed E-state index contributed by atoms with van der Waals surface area (Å²) in [6.45, 7) is 2.10. The van der Waals surface area contributed by atoms with Crippen molar-refractivity contribution in [2.24, 2.45) is 5.92 Å². The molecule has 21 heavy (non-hydrogen) atoms. The van der Waals surface area contributed by atoms with Crippen molar-refractivity contribution in [2.75, 3.05) is 31.9 Å². The molecule has 0 bridgehead atoms. The first-order valence-electron chi connectivity index (χ1n) is 7.19. The predicted octanol–water partition coefficient (Wildman–Crippen LogP) is 1.10. The first-order chi connectivity index (χ1) is 10.1. The predicted molar refractivity (Wildman–Crippen MR) is 76.0 cm³/mol. The van der Waals surface area contributed by atoms with Crippen LogP contribution in [-0.4, -0.2) is 47.8 Å². The van der Waals surface area contributed by atoms with E-state index in [-0.39, 0.29) is 23.4 Å². The lowest BCUT2D eigenvalue weighted by Gasteiger charge is -2.35. The number of halogens is 1. The zero-order valence-corrected chi connectivity index (χ0v) is 11.7. The third-order valence-corrected chi connectivity index (χ3v) is 4.05. The van der Waals surface area contributed by atoms with Gasteiger partial charge in [-0.25, -0.2) is 4.39 Å². The maximum atomic E-state index is 13.0. The van der Waals surface area contributed by atoms with Crippen LogP contribution < -0.4 is 5.73 Å². The van der Waals surface area contributed by atoms with E-state index >= 15 is 0 Å². The topological polar surface area (TPSA) is 66.6 Å². The molecule has 2 amide bonds. The number of amides is 2. The van der Waals surface area contributed by atoms with Crippen LogP contribution in [0, 0.1) is 11.7 Å². The number of benzene rings is 1. The van der Waals surface area contributed by atoms with Crippen LogP contribution in [0.25, 0.3) is 0 Å². The molecule has 2 fully saturated rings. The first-order valence-corrected chi connectivity index (χ1v) is 7.19. The van der Waals surface area contributed by atoms with Crippen LogP contribution in [0.3, 0.4) is 0 Å². The lowest BCUT2D eigenvalue weighted by Crippen LogP contribution is -2.51. The number of piperazine rings is 1. The van der Waals surface area contributed by atoms with E-state index in [4.69, 9.17) is 5.73 Å². The molecule has 2 aliphatic rings. The summed E-state index contributed by atoms with van der Waals surface area (Å²) < 4.78 is 13.0. The number of hydrogen-bond acceptors (Lipinski definition) is 3. The molecule has 2 N–H and O–H groups in total. The molecule has 1 heterocycles. The van der Waals surface area contributed by atoms with Crippen molar-refractivity contribution in [3.63, 3.8) is 0 Å². The third-order valence-electron chi connectivity index (χ3n) is 4.05. The molecule has 0 unspecified atom stereocenters. The molecule has 0 atom stereocenters. The maximum absolute atomic E-state index is 13.0. The minimum absolute atomic E-state index is 0.150. The van der Waals surface area contributed by atoms with Gasteiger partial charge in [-0.05, 0) is 31.0 Å². The molecule has 1 aromatic carbocycles. The van der Waals surface area contributed by atoms with Gasteiger partial charge >= 0.3 is 0 Å². The van der Waals surface area contributed by atoms with Crippen LogP contribution in [0.4, 0.5) is 10.1 Å². The van der Waals surface area contributed by atoms with Crippen molar-refractivity contribution in [1.29, 1.82) is 0 Å². The fourth-order valence-electron chi connectivity index (χ4n) is 2.62. The van der Waals surface area contributed by atoms with Gasteiger partial charge in [0, 0.05) is 37.8 Å². The Morgan fingerprint density at radius 2 is 1.71 bits per heavy atom. The highest BCUT2D eigenvalue weighted by Gasteiger charge is 2.35. The van der Waals surface area contributed by atoms with E-state index in [0.717, 1.165) is 18.9 Å². The van der Waals surface area contributed by atoms with Gasteiger partial charge in [-0.15, -0.1) is 0 Å². The van der Waals surface area contributed by atoms with E-state index in [2.05, 4.69) is 0 Å². The SMILES string of the molecule is Nc1cc(F)ccc1C(=O)N1CCN(C(=O)C2CC2)CC1. The van der Waals surface area contributed by atoms with Crippen molar-refractivity contribution < 1.29 is 14.0 Å². The van der Waals surface area contributed by atoms with Crippen LogP contribution in [-0.2, 0) is 4.79 Å². The highest BCUT2D eigenvalue weighted by atomic mass is 19.1. The van der Waals surface area contributed by atoms with Gasteiger partial charge in [0.05, 0.1) is 5.56 Å². The molecular weight excluding hydrogens is 273 g/mol. The Labute approximate surface area is 122 Å². The van der Waals surface area contributed by atoms with Gasteiger partial charge < -0.3 is 15.5 Å². The van der Waals surface area contributed by atoms with Crippen molar-refractivity contribution in [2.45, 2.75) is 12.8 Å². The van der Waals surface area contributed by atoms with Gasteiger partial charge in [0.15, 0.2) is 0 Å². The van der Waals surface area contributed by atoms with Gasteiger partial charge in [-0.3, -0.25) is 9.59 Å². The molecule has 1 aromatic rings. The normalized spacial score (nSPS) is 18.7. The molecule has 1 aliphatic heterocycles. The number of hydrogen-bond donors (Lipinski definition) is 1. The molecule has 0 radical (unpaired) electrons. The van der Waals surface area contributed by atoms with Crippen LogP contribution in [0.15, 0.2) is 18.2 Å². The lowest BCUT2D eigenvalue weighted by atomic mass is 10.1. The van der Waals surface area contributed by atoms with Gasteiger partial charge in [-0.1, -0.05) is 0 Å². The van der Waals surface area contributed by atoms with Crippen LogP contribution in [0.1, 0.15) is 23.2 Å². The smallest absolute Gasteiger partial charge is 0.256 e. The number of carbonyl (C=O) groups is 2. The summed E-state index contributed by atoms with van der Waals surface area (Å²) in [6, 6.07) is 3.80. The number of anilines is 1. The Hall–Kier alpha value is -2.11. The second-order valence-corrected chi connectivity index (χ2v) is 5.62. The van der Waals surface area contributed by atoms with Crippen molar-refractivity contribution in [1.82, 2.24) is 9.80 Å². The van der Waals surface area contributed by atoms with Gasteiger partial charge in [-0.2, -0.15) is 0 Å². The van der Waals surface area contributed by atoms with Crippen molar-refractivity contribution >= 4 is 17.5 Å². The van der Waals surface area contributed by atoms with E-state index in [1.165, 1.54) is 12.1 Å². The average Bonchev–Trinajstić information content (AvgIpc) is 3.31. The summed E-state index contributed by atoms with van der Waals surface area (Å²) >= 11 is 0. The Bertz CT molecular complexity index is 578. The first kappa shape index (κ1) is 13.9. The van der Waals surface area contributed by atoms with Crippen molar-refractivity contribution in [3.8, 4) is 0 Å². The minimum atomic E-state index is -0.455. The summed E-state index contributed by atoms with van der Waals surface area (Å²) in [7, 11) is 0. The van der Waals surface area contributed by atoms with E-state index in [0.29, 0.717) is 31.7 Å². The molecule has 0 aromatic heterocycles. The standard InChI is InChI=1S/C15H18FN3O2/c16-11-3-4-12(13(17)9-11)15(21)19-7-5-18(6-8-19)14(20)10-1-2-10/h3-4,9-10H,1-2,5-8,17H2. The van der Waals surface area contributed by atoms with E-state index in [9.17, 15) is 14.0 Å². The minimum Gasteiger partial charge on any atom is -0.398 e. The fourth-order valence-corrected chi connectivity index (χ4v) is 2.62. The van der Waals surface area contributed by atoms with E-state index in [1.807, 2.05) is 4.90 Å². The molecule has 3 rings (SSSR count). The number of carbonyl (C=O) groups excluding carboxylic acids is 2. The van der Waals surface area contributed by atoms with Crippen LogP contribution >= 0.6 is 0 Å². The Balaban J connectivity index is 1.63. The zero-order chi connectivity index (χ0) is 15.0. The maximum Gasteiger partial charge on any atom is 0.256 e. The number of nitrogen functional groups attached to an aromatic ring is 1. The summed E-state index contributed by atoms with van der Waals surface area (Å²) in [5.74, 6) is -0.238. The zero-order valence-electron chi connectivity index (χ0n) is 11.7. The summed E-state index contributed by atoms with van der Waals surface area (Å²) in [4.78, 5) is 27.8. The second kappa shape index (κ2) is 5.35. The van der Waals surface area contributed by atoms with E-state index < -0.39 is 5.82 Å². The largest absolute Gasteiger partial charge is 0.398 e. The third kappa shape index (κ3) is 2.84. The summed E-state index contributed by atoms with van der Waals surface area (Å²) in [5, 5.41) is 0. The molecule has 1 aliphatic carbocycles. The van der Waals surface area contributed by atoms with Crippen LogP contribution in [0.2, 0.25) is 0 Å². The highest BCUT2D eigenvalue weighted by molar-refractivity contribution is 5.99. The van der Waals surface area contributed by atoms with Gasteiger partial charge in [0.25, 0.3) is 5.91 Å². The Morgan fingerprint density at radius 3 is 2.29 bits per heavy atom. The number of nitrogens with zero attached hydrogens (tertiary/aromatic N) is 2. The molecule has 1 saturated carbocycles. The van der Waals surface area contributed by atoms with Gasteiger partial charge in [0.1, 0.15) is 5.82 Å². The second-order valence-electron chi connectivity index (χ2n) is 5.62.